The second-order valence-corrected chi connectivity index (χ2v) is 11.5. The lowest BCUT2D eigenvalue weighted by atomic mass is 10.2. The number of ether oxygens (including phenoxy) is 3. The number of halogens is 3. The molecule has 1 heterocycles. The molecule has 15 heteroatoms. The van der Waals surface area contributed by atoms with Gasteiger partial charge in [-0.25, -0.2) is 18.2 Å². The summed E-state index contributed by atoms with van der Waals surface area (Å²) in [5.41, 5.74) is 1.10. The summed E-state index contributed by atoms with van der Waals surface area (Å²) in [7, 11) is 0.712. The highest BCUT2D eigenvalue weighted by atomic mass is 32.2. The van der Waals surface area contributed by atoms with Crippen LogP contribution in [0, 0.1) is 17.5 Å². The van der Waals surface area contributed by atoms with E-state index in [1.165, 1.54) is 26.4 Å². The molecule has 4 N–H and O–H groups in total. The fraction of sp³-hybridized carbons (Fsp3) is 0.250. The van der Waals surface area contributed by atoms with Crippen LogP contribution in [0.4, 0.5) is 24.7 Å². The lowest BCUT2D eigenvalue weighted by Crippen LogP contribution is -2.14. The zero-order valence-corrected chi connectivity index (χ0v) is 25.2. The van der Waals surface area contributed by atoms with Gasteiger partial charge in [0.25, 0.3) is 10.1 Å². The molecule has 0 unspecified atom stereocenters. The number of hydrogen-bond acceptors (Lipinski definition) is 9. The Kier molecular flexibility index (Phi) is 11.3. The van der Waals surface area contributed by atoms with E-state index in [1.54, 1.807) is 42.1 Å². The maximum Gasteiger partial charge on any atom is 0.264 e. The number of anilines is 2. The van der Waals surface area contributed by atoms with Crippen molar-refractivity contribution >= 4 is 33.4 Å². The van der Waals surface area contributed by atoms with Crippen molar-refractivity contribution in [3.8, 4) is 22.9 Å². The number of thioether (sulfide) groups is 1. The van der Waals surface area contributed by atoms with Crippen LogP contribution in [0.15, 0.2) is 66.0 Å². The molecule has 0 fully saturated rings. The van der Waals surface area contributed by atoms with E-state index >= 15 is 0 Å². The van der Waals surface area contributed by atoms with Gasteiger partial charge in [-0.3, -0.25) is 9.12 Å². The lowest BCUT2D eigenvalue weighted by Gasteiger charge is -2.23. The van der Waals surface area contributed by atoms with Crippen LogP contribution in [-0.2, 0) is 15.9 Å². The minimum Gasteiger partial charge on any atom is -0.493 e. The largest absolute Gasteiger partial charge is 0.493 e. The molecule has 0 saturated heterocycles. The molecule has 0 spiro atoms. The Hall–Kier alpha value is -3.92. The number of nitrogens with zero attached hydrogens (tertiary/aromatic N) is 3. The van der Waals surface area contributed by atoms with E-state index in [9.17, 15) is 21.6 Å². The zero-order valence-electron chi connectivity index (χ0n) is 23.6. The first-order valence-corrected chi connectivity index (χ1v) is 15.1. The van der Waals surface area contributed by atoms with Crippen molar-refractivity contribution in [1.29, 1.82) is 0 Å². The molecule has 0 amide bonds. The summed E-state index contributed by atoms with van der Waals surface area (Å²) < 4.78 is 91.7. The van der Waals surface area contributed by atoms with Crippen LogP contribution in [0.2, 0.25) is 0 Å². The molecular formula is C28H31F3N4O6S2. The Morgan fingerprint density at radius 2 is 1.63 bits per heavy atom. The molecule has 0 bridgehead atoms. The van der Waals surface area contributed by atoms with Crippen LogP contribution in [0.5, 0.6) is 17.2 Å². The SMILES string of the molecule is COc1ccc(N(C)c2cnc(SCc3c(F)cc(OCCCS(=O)(=O)O)cc3F)n2-c2ccc(F)cc2)cc1OC.N. The Morgan fingerprint density at radius 3 is 2.23 bits per heavy atom. The molecule has 0 radical (unpaired) electrons. The fourth-order valence-corrected chi connectivity index (χ4v) is 5.52. The molecule has 232 valence electrons. The maximum atomic E-state index is 14.9. The minimum atomic E-state index is -4.16. The average Bonchev–Trinajstić information content (AvgIpc) is 3.37. The van der Waals surface area contributed by atoms with Crippen LogP contribution >= 0.6 is 11.8 Å². The predicted octanol–water partition coefficient (Wildman–Crippen LogP) is 6.19. The molecule has 0 atom stereocenters. The second kappa shape index (κ2) is 14.5. The van der Waals surface area contributed by atoms with Gasteiger partial charge in [0.2, 0.25) is 0 Å². The smallest absolute Gasteiger partial charge is 0.264 e. The molecule has 3 aromatic carbocycles. The highest BCUT2D eigenvalue weighted by Crippen LogP contribution is 2.37. The Bertz CT molecular complexity index is 1630. The first kappa shape index (κ1) is 33.6. The summed E-state index contributed by atoms with van der Waals surface area (Å²) in [6, 6.07) is 13.1. The van der Waals surface area contributed by atoms with E-state index in [4.69, 9.17) is 18.8 Å². The van der Waals surface area contributed by atoms with E-state index in [-0.39, 0.29) is 36.2 Å². The normalized spacial score (nSPS) is 11.1. The quantitative estimate of drug-likeness (QED) is 0.0989. The van der Waals surface area contributed by atoms with Crippen LogP contribution in [-0.4, -0.2) is 56.1 Å². The van der Waals surface area contributed by atoms with Crippen molar-refractivity contribution in [2.24, 2.45) is 0 Å². The van der Waals surface area contributed by atoms with Crippen molar-refractivity contribution in [3.63, 3.8) is 0 Å². The number of rotatable bonds is 13. The summed E-state index contributed by atoms with van der Waals surface area (Å²) >= 11 is 1.08. The molecule has 0 aliphatic carbocycles. The van der Waals surface area contributed by atoms with E-state index < -0.39 is 33.3 Å². The molecule has 43 heavy (non-hydrogen) atoms. The van der Waals surface area contributed by atoms with Gasteiger partial charge in [0, 0.05) is 47.9 Å². The van der Waals surface area contributed by atoms with E-state index in [0.29, 0.717) is 28.2 Å². The van der Waals surface area contributed by atoms with E-state index in [2.05, 4.69) is 4.98 Å². The van der Waals surface area contributed by atoms with Crippen LogP contribution in [0.3, 0.4) is 0 Å². The van der Waals surface area contributed by atoms with Crippen LogP contribution < -0.4 is 25.3 Å². The average molecular weight is 641 g/mol. The number of imidazole rings is 1. The van der Waals surface area contributed by atoms with Gasteiger partial charge in [-0.2, -0.15) is 8.42 Å². The van der Waals surface area contributed by atoms with Gasteiger partial charge in [0.05, 0.1) is 32.8 Å². The molecule has 0 aliphatic rings. The van der Waals surface area contributed by atoms with E-state index in [1.807, 2.05) is 11.0 Å². The topological polar surface area (TPSA) is 138 Å². The Balaban J connectivity index is 0.00000506. The molecule has 4 aromatic rings. The Labute approximate surface area is 251 Å². The summed E-state index contributed by atoms with van der Waals surface area (Å²) in [5, 5.41) is 0.397. The van der Waals surface area contributed by atoms with Gasteiger partial charge in [0.15, 0.2) is 16.7 Å². The van der Waals surface area contributed by atoms with Gasteiger partial charge in [-0.1, -0.05) is 11.8 Å². The number of methoxy groups -OCH3 is 2. The number of aromatic nitrogens is 2. The van der Waals surface area contributed by atoms with Crippen LogP contribution in [0.25, 0.3) is 5.69 Å². The van der Waals surface area contributed by atoms with Crippen molar-refractivity contribution in [1.82, 2.24) is 15.7 Å². The van der Waals surface area contributed by atoms with Gasteiger partial charge < -0.3 is 25.3 Å². The zero-order chi connectivity index (χ0) is 30.4. The number of benzene rings is 3. The molecule has 0 aliphatic heterocycles. The third-order valence-corrected chi connectivity index (χ3v) is 7.95. The number of hydrogen-bond donors (Lipinski definition) is 2. The van der Waals surface area contributed by atoms with Crippen LogP contribution in [0.1, 0.15) is 12.0 Å². The molecule has 1 aromatic heterocycles. The van der Waals surface area contributed by atoms with Crippen molar-refractivity contribution in [3.05, 3.63) is 83.8 Å². The van der Waals surface area contributed by atoms with Gasteiger partial charge in [-0.15, -0.1) is 0 Å². The summed E-state index contributed by atoms with van der Waals surface area (Å²) in [6.45, 7) is -0.155. The summed E-state index contributed by atoms with van der Waals surface area (Å²) in [5.74, 6) is -1.24. The van der Waals surface area contributed by atoms with Gasteiger partial charge in [-0.05, 0) is 42.8 Å². The lowest BCUT2D eigenvalue weighted by molar-refractivity contribution is 0.312. The third-order valence-electron chi connectivity index (χ3n) is 6.17. The molecule has 10 nitrogen and oxygen atoms in total. The summed E-state index contributed by atoms with van der Waals surface area (Å²) in [4.78, 5) is 6.33. The summed E-state index contributed by atoms with van der Waals surface area (Å²) in [6.07, 6.45) is 1.55. The molecule has 4 rings (SSSR count). The second-order valence-electron chi connectivity index (χ2n) is 8.95. The fourth-order valence-electron chi connectivity index (χ4n) is 4.03. The van der Waals surface area contributed by atoms with Crippen molar-refractivity contribution < 1.29 is 40.4 Å². The van der Waals surface area contributed by atoms with Crippen molar-refractivity contribution in [2.75, 3.05) is 38.5 Å². The third kappa shape index (κ3) is 8.34. The Morgan fingerprint density at radius 1 is 0.977 bits per heavy atom. The minimum absolute atomic E-state index is 0. The standard InChI is InChI=1S/C28H28F3N3O6S2.H3N/c1-33(20-9-10-25(38-2)26(13-20)39-3)27-16-32-28(34(27)19-7-5-18(29)6-8-19)41-17-22-23(30)14-21(15-24(22)31)40-11-4-12-42(35,36)37;/h5-10,13-16H,4,11-12,17H2,1-3H3,(H,35,36,37);1H3. The predicted molar refractivity (Wildman–Crippen MR) is 159 cm³/mol. The maximum absolute atomic E-state index is 14.9. The molecular weight excluding hydrogens is 609 g/mol. The first-order valence-electron chi connectivity index (χ1n) is 12.5. The highest BCUT2D eigenvalue weighted by molar-refractivity contribution is 7.98. The molecule has 0 saturated carbocycles. The van der Waals surface area contributed by atoms with Crippen molar-refractivity contribution in [2.45, 2.75) is 17.3 Å². The van der Waals surface area contributed by atoms with Gasteiger partial charge in [0.1, 0.15) is 29.0 Å². The van der Waals surface area contributed by atoms with Gasteiger partial charge >= 0.3 is 0 Å². The first-order chi connectivity index (χ1) is 20.0. The van der Waals surface area contributed by atoms with E-state index in [0.717, 1.165) is 29.6 Å². The monoisotopic (exact) mass is 640 g/mol. The highest BCUT2D eigenvalue weighted by Gasteiger charge is 2.20.